The molecule has 0 atom stereocenters. The van der Waals surface area contributed by atoms with Gasteiger partial charge in [0.15, 0.2) is 0 Å². The van der Waals surface area contributed by atoms with Crippen LogP contribution in [0.1, 0.15) is 18.4 Å². The number of methoxy groups -OCH3 is 1. The van der Waals surface area contributed by atoms with Crippen molar-refractivity contribution in [3.8, 4) is 5.75 Å². The van der Waals surface area contributed by atoms with Gasteiger partial charge >= 0.3 is 0 Å². The topological polar surface area (TPSA) is 38.8 Å². The summed E-state index contributed by atoms with van der Waals surface area (Å²) in [6.45, 7) is 1.28. The molecular weight excluding hydrogens is 230 g/mol. The van der Waals surface area contributed by atoms with E-state index in [9.17, 15) is 4.79 Å². The molecule has 0 N–H and O–H groups in total. The molecule has 1 aromatic rings. The van der Waals surface area contributed by atoms with Crippen molar-refractivity contribution in [3.63, 3.8) is 0 Å². The van der Waals surface area contributed by atoms with Crippen LogP contribution in [-0.2, 0) is 9.63 Å². The van der Waals surface area contributed by atoms with Gasteiger partial charge in [-0.05, 0) is 25.0 Å². The summed E-state index contributed by atoms with van der Waals surface area (Å²) in [5, 5.41) is 1.41. The highest BCUT2D eigenvalue weighted by Gasteiger charge is 2.14. The number of hydroxylamine groups is 2. The predicted octanol–water partition coefficient (Wildman–Crippen LogP) is 2.26. The van der Waals surface area contributed by atoms with E-state index >= 15 is 0 Å². The molecule has 1 amide bonds. The van der Waals surface area contributed by atoms with Gasteiger partial charge in [0.05, 0.1) is 13.7 Å². The molecule has 1 heterocycles. The number of para-hydroxylation sites is 1. The van der Waals surface area contributed by atoms with Crippen molar-refractivity contribution < 1.29 is 14.4 Å². The monoisotopic (exact) mass is 247 g/mol. The summed E-state index contributed by atoms with van der Waals surface area (Å²) >= 11 is 0. The van der Waals surface area contributed by atoms with Crippen molar-refractivity contribution >= 4 is 12.0 Å². The van der Waals surface area contributed by atoms with Crippen molar-refractivity contribution in [3.05, 3.63) is 35.9 Å². The molecule has 1 aliphatic rings. The molecule has 0 radical (unpaired) electrons. The van der Waals surface area contributed by atoms with Gasteiger partial charge < -0.3 is 4.74 Å². The molecule has 1 fully saturated rings. The van der Waals surface area contributed by atoms with Crippen molar-refractivity contribution in [2.24, 2.45) is 0 Å². The highest BCUT2D eigenvalue weighted by molar-refractivity contribution is 5.91. The lowest BCUT2D eigenvalue weighted by Crippen LogP contribution is -2.34. The minimum Gasteiger partial charge on any atom is -0.496 e. The Morgan fingerprint density at radius 1 is 1.39 bits per heavy atom. The lowest BCUT2D eigenvalue weighted by molar-refractivity contribution is -0.191. The summed E-state index contributed by atoms with van der Waals surface area (Å²) < 4.78 is 5.22. The number of amides is 1. The number of rotatable bonds is 3. The molecule has 96 valence electrons. The van der Waals surface area contributed by atoms with Crippen LogP contribution in [0.25, 0.3) is 6.08 Å². The first-order valence-electron chi connectivity index (χ1n) is 6.07. The van der Waals surface area contributed by atoms with E-state index in [0.717, 1.165) is 24.2 Å². The summed E-state index contributed by atoms with van der Waals surface area (Å²) in [6, 6.07) is 7.57. The zero-order chi connectivity index (χ0) is 12.8. The highest BCUT2D eigenvalue weighted by atomic mass is 16.7. The van der Waals surface area contributed by atoms with Crippen LogP contribution in [0.2, 0.25) is 0 Å². The number of benzene rings is 1. The number of nitrogens with zero attached hydrogens (tertiary/aromatic N) is 1. The summed E-state index contributed by atoms with van der Waals surface area (Å²) in [5.41, 5.74) is 0.880. The van der Waals surface area contributed by atoms with Gasteiger partial charge in [0.25, 0.3) is 5.91 Å². The molecule has 0 saturated carbocycles. The quantitative estimate of drug-likeness (QED) is 0.769. The zero-order valence-corrected chi connectivity index (χ0v) is 10.5. The van der Waals surface area contributed by atoms with Gasteiger partial charge in [0.1, 0.15) is 5.75 Å². The van der Waals surface area contributed by atoms with Crippen LogP contribution < -0.4 is 4.74 Å². The SMILES string of the molecule is COc1ccccc1/C=C/C(=O)N1CCCCO1. The largest absolute Gasteiger partial charge is 0.496 e. The minimum atomic E-state index is -0.124. The van der Waals surface area contributed by atoms with Crippen LogP contribution in [0, 0.1) is 0 Å². The van der Waals surface area contributed by atoms with Crippen LogP contribution in [0.15, 0.2) is 30.3 Å². The third kappa shape index (κ3) is 3.11. The Kier molecular flexibility index (Phi) is 4.36. The summed E-state index contributed by atoms with van der Waals surface area (Å²) in [5.74, 6) is 0.627. The molecule has 4 nitrogen and oxygen atoms in total. The fourth-order valence-corrected chi connectivity index (χ4v) is 1.82. The Hall–Kier alpha value is -1.81. The van der Waals surface area contributed by atoms with E-state index in [4.69, 9.17) is 9.57 Å². The molecular formula is C14H17NO3. The Balaban J connectivity index is 2.03. The highest BCUT2D eigenvalue weighted by Crippen LogP contribution is 2.18. The molecule has 0 bridgehead atoms. The number of hydrogen-bond donors (Lipinski definition) is 0. The first-order valence-corrected chi connectivity index (χ1v) is 6.07. The molecule has 4 heteroatoms. The van der Waals surface area contributed by atoms with E-state index < -0.39 is 0 Å². The number of hydrogen-bond acceptors (Lipinski definition) is 3. The van der Waals surface area contributed by atoms with Crippen LogP contribution in [0.5, 0.6) is 5.75 Å². The number of ether oxygens (including phenoxy) is 1. The third-order valence-electron chi connectivity index (χ3n) is 2.79. The van der Waals surface area contributed by atoms with Crippen LogP contribution in [-0.4, -0.2) is 31.2 Å². The van der Waals surface area contributed by atoms with Gasteiger partial charge in [-0.25, -0.2) is 5.06 Å². The van der Waals surface area contributed by atoms with E-state index in [2.05, 4.69) is 0 Å². The molecule has 0 spiro atoms. The predicted molar refractivity (Wildman–Crippen MR) is 68.9 cm³/mol. The minimum absolute atomic E-state index is 0.124. The zero-order valence-electron chi connectivity index (χ0n) is 10.5. The van der Waals surface area contributed by atoms with Gasteiger partial charge in [-0.3, -0.25) is 9.63 Å². The molecule has 1 aliphatic heterocycles. The molecule has 0 unspecified atom stereocenters. The molecule has 18 heavy (non-hydrogen) atoms. The van der Waals surface area contributed by atoms with Gasteiger partial charge in [-0.2, -0.15) is 0 Å². The average Bonchev–Trinajstić information content (AvgIpc) is 2.46. The number of carbonyl (C=O) groups excluding carboxylic acids is 1. The fourth-order valence-electron chi connectivity index (χ4n) is 1.82. The molecule has 0 aromatic heterocycles. The van der Waals surface area contributed by atoms with Gasteiger partial charge in [0, 0.05) is 18.2 Å². The second kappa shape index (κ2) is 6.21. The molecule has 2 rings (SSSR count). The molecule has 0 aliphatic carbocycles. The van der Waals surface area contributed by atoms with Gasteiger partial charge in [-0.1, -0.05) is 18.2 Å². The van der Waals surface area contributed by atoms with E-state index in [-0.39, 0.29) is 5.91 Å². The van der Waals surface area contributed by atoms with E-state index in [1.807, 2.05) is 24.3 Å². The Bertz CT molecular complexity index is 436. The van der Waals surface area contributed by atoms with Crippen LogP contribution >= 0.6 is 0 Å². The lowest BCUT2D eigenvalue weighted by Gasteiger charge is -2.24. The lowest BCUT2D eigenvalue weighted by atomic mass is 10.2. The summed E-state index contributed by atoms with van der Waals surface area (Å²) in [7, 11) is 1.61. The van der Waals surface area contributed by atoms with E-state index in [1.165, 1.54) is 11.1 Å². The van der Waals surface area contributed by atoms with Crippen LogP contribution in [0.3, 0.4) is 0 Å². The average molecular weight is 247 g/mol. The first-order chi connectivity index (χ1) is 8.81. The standard InChI is InChI=1S/C14H17NO3/c1-17-13-7-3-2-6-12(13)8-9-14(16)15-10-4-5-11-18-15/h2-3,6-9H,4-5,10-11H2,1H3/b9-8+. The van der Waals surface area contributed by atoms with E-state index in [0.29, 0.717) is 13.2 Å². The van der Waals surface area contributed by atoms with E-state index in [1.54, 1.807) is 13.2 Å². The van der Waals surface area contributed by atoms with Crippen molar-refractivity contribution in [2.75, 3.05) is 20.3 Å². The Morgan fingerprint density at radius 2 is 2.22 bits per heavy atom. The third-order valence-corrected chi connectivity index (χ3v) is 2.79. The van der Waals surface area contributed by atoms with Crippen LogP contribution in [0.4, 0.5) is 0 Å². The first kappa shape index (κ1) is 12.6. The maximum absolute atomic E-state index is 11.8. The Labute approximate surface area is 107 Å². The molecule has 1 saturated heterocycles. The van der Waals surface area contributed by atoms with Crippen molar-refractivity contribution in [2.45, 2.75) is 12.8 Å². The van der Waals surface area contributed by atoms with Crippen molar-refractivity contribution in [1.82, 2.24) is 5.06 Å². The number of carbonyl (C=O) groups is 1. The maximum Gasteiger partial charge on any atom is 0.270 e. The summed E-state index contributed by atoms with van der Waals surface area (Å²) in [6.07, 6.45) is 5.27. The van der Waals surface area contributed by atoms with Gasteiger partial charge in [-0.15, -0.1) is 0 Å². The second-order valence-corrected chi connectivity index (χ2v) is 4.06. The normalized spacial score (nSPS) is 15.9. The smallest absolute Gasteiger partial charge is 0.270 e. The Morgan fingerprint density at radius 3 is 2.94 bits per heavy atom. The maximum atomic E-state index is 11.8. The second-order valence-electron chi connectivity index (χ2n) is 4.06. The van der Waals surface area contributed by atoms with Crippen molar-refractivity contribution in [1.29, 1.82) is 0 Å². The fraction of sp³-hybridized carbons (Fsp3) is 0.357. The summed E-state index contributed by atoms with van der Waals surface area (Å²) in [4.78, 5) is 17.1. The van der Waals surface area contributed by atoms with Gasteiger partial charge in [0.2, 0.25) is 0 Å². The molecule has 1 aromatic carbocycles.